The van der Waals surface area contributed by atoms with Gasteiger partial charge in [-0.25, -0.2) is 10.2 Å². The van der Waals surface area contributed by atoms with Gasteiger partial charge in [0.15, 0.2) is 6.61 Å². The number of benzene rings is 2. The van der Waals surface area contributed by atoms with E-state index in [1.165, 1.54) is 6.20 Å². The molecular formula is C21H16BrN3O3. The van der Waals surface area contributed by atoms with Gasteiger partial charge in [-0.3, -0.25) is 9.78 Å². The molecule has 0 atom stereocenters. The summed E-state index contributed by atoms with van der Waals surface area (Å²) in [6.07, 6.45) is 2.92. The SMILES string of the molecule is O=C(COC(=O)c1cncc(Br)c1)NN=C(c1ccccc1)c1ccccc1. The molecule has 0 radical (unpaired) electrons. The highest BCUT2D eigenvalue weighted by atomic mass is 79.9. The Bertz CT molecular complexity index is 951. The molecule has 0 spiro atoms. The van der Waals surface area contributed by atoms with Crippen molar-refractivity contribution in [2.24, 2.45) is 5.10 Å². The van der Waals surface area contributed by atoms with Crippen LogP contribution in [0.1, 0.15) is 21.5 Å². The number of pyridine rings is 1. The molecule has 1 heterocycles. The maximum absolute atomic E-state index is 12.1. The molecule has 3 aromatic rings. The van der Waals surface area contributed by atoms with Gasteiger partial charge in [0.1, 0.15) is 0 Å². The van der Waals surface area contributed by atoms with Crippen LogP contribution in [-0.2, 0) is 9.53 Å². The molecule has 0 saturated carbocycles. The Balaban J connectivity index is 1.67. The van der Waals surface area contributed by atoms with E-state index in [0.717, 1.165) is 11.1 Å². The summed E-state index contributed by atoms with van der Waals surface area (Å²) in [5.41, 5.74) is 5.01. The minimum absolute atomic E-state index is 0.250. The minimum atomic E-state index is -0.640. The molecule has 0 unspecified atom stereocenters. The number of carbonyl (C=O) groups excluding carboxylic acids is 2. The van der Waals surface area contributed by atoms with Crippen LogP contribution in [0.25, 0.3) is 0 Å². The molecule has 0 aliphatic carbocycles. The number of rotatable bonds is 6. The van der Waals surface area contributed by atoms with Crippen molar-refractivity contribution in [2.75, 3.05) is 6.61 Å². The summed E-state index contributed by atoms with van der Waals surface area (Å²) in [7, 11) is 0. The molecule has 0 saturated heterocycles. The largest absolute Gasteiger partial charge is 0.452 e. The van der Waals surface area contributed by atoms with Crippen LogP contribution in [0.15, 0.2) is 88.7 Å². The molecule has 0 fully saturated rings. The summed E-state index contributed by atoms with van der Waals surface area (Å²) in [6.45, 7) is -0.453. The highest BCUT2D eigenvalue weighted by Crippen LogP contribution is 2.11. The molecular weight excluding hydrogens is 422 g/mol. The number of hydrogen-bond acceptors (Lipinski definition) is 5. The number of nitrogens with one attached hydrogen (secondary N) is 1. The summed E-state index contributed by atoms with van der Waals surface area (Å²) in [5, 5.41) is 4.23. The summed E-state index contributed by atoms with van der Waals surface area (Å²) in [4.78, 5) is 28.0. The Morgan fingerprint density at radius 1 is 0.929 bits per heavy atom. The zero-order valence-corrected chi connectivity index (χ0v) is 16.3. The smallest absolute Gasteiger partial charge is 0.340 e. The normalized spacial score (nSPS) is 10.0. The predicted octanol–water partition coefficient (Wildman–Crippen LogP) is 3.57. The number of amides is 1. The van der Waals surface area contributed by atoms with Crippen molar-refractivity contribution in [3.05, 3.63) is 100 Å². The maximum atomic E-state index is 12.1. The molecule has 1 amide bonds. The van der Waals surface area contributed by atoms with Gasteiger partial charge in [0.2, 0.25) is 0 Å². The lowest BCUT2D eigenvalue weighted by atomic mass is 10.0. The molecule has 1 N–H and O–H groups in total. The summed E-state index contributed by atoms with van der Waals surface area (Å²) < 4.78 is 5.65. The zero-order valence-electron chi connectivity index (χ0n) is 14.7. The van der Waals surface area contributed by atoms with Crippen LogP contribution in [0.4, 0.5) is 0 Å². The summed E-state index contributed by atoms with van der Waals surface area (Å²) in [5.74, 6) is -1.18. The van der Waals surface area contributed by atoms with E-state index < -0.39 is 18.5 Å². The highest BCUT2D eigenvalue weighted by molar-refractivity contribution is 9.10. The number of carbonyl (C=O) groups is 2. The van der Waals surface area contributed by atoms with Gasteiger partial charge in [-0.05, 0) is 22.0 Å². The van der Waals surface area contributed by atoms with E-state index in [1.54, 1.807) is 12.3 Å². The van der Waals surface area contributed by atoms with Gasteiger partial charge in [0, 0.05) is 28.0 Å². The fourth-order valence-corrected chi connectivity index (χ4v) is 2.74. The third-order valence-corrected chi connectivity index (χ3v) is 4.10. The number of ether oxygens (including phenoxy) is 1. The first kappa shape index (κ1) is 19.4. The fourth-order valence-electron chi connectivity index (χ4n) is 2.38. The Hall–Kier alpha value is -3.32. The first-order valence-electron chi connectivity index (χ1n) is 8.38. The van der Waals surface area contributed by atoms with Gasteiger partial charge in [0.05, 0.1) is 11.3 Å². The monoisotopic (exact) mass is 437 g/mol. The number of hydrogen-bond donors (Lipinski definition) is 1. The first-order chi connectivity index (χ1) is 13.6. The molecule has 140 valence electrons. The van der Waals surface area contributed by atoms with Crippen LogP contribution in [0, 0.1) is 0 Å². The van der Waals surface area contributed by atoms with Crippen LogP contribution >= 0.6 is 15.9 Å². The fraction of sp³-hybridized carbons (Fsp3) is 0.0476. The van der Waals surface area contributed by atoms with Crippen molar-refractivity contribution in [3.8, 4) is 0 Å². The third kappa shape index (κ3) is 5.34. The first-order valence-corrected chi connectivity index (χ1v) is 9.18. The second kappa shape index (κ2) is 9.57. The molecule has 6 nitrogen and oxygen atoms in total. The summed E-state index contributed by atoms with van der Waals surface area (Å²) >= 11 is 3.23. The molecule has 3 rings (SSSR count). The van der Waals surface area contributed by atoms with Crippen LogP contribution in [0.2, 0.25) is 0 Å². The quantitative estimate of drug-likeness (QED) is 0.363. The summed E-state index contributed by atoms with van der Waals surface area (Å²) in [6, 6.07) is 20.5. The number of nitrogens with zero attached hydrogens (tertiary/aromatic N) is 2. The van der Waals surface area contributed by atoms with Crippen molar-refractivity contribution < 1.29 is 14.3 Å². The van der Waals surface area contributed by atoms with Crippen LogP contribution in [0.3, 0.4) is 0 Å². The second-order valence-electron chi connectivity index (χ2n) is 5.70. The second-order valence-corrected chi connectivity index (χ2v) is 6.61. The molecule has 0 aliphatic rings. The van der Waals surface area contributed by atoms with Gasteiger partial charge < -0.3 is 4.74 Å². The van der Waals surface area contributed by atoms with Crippen molar-refractivity contribution in [1.82, 2.24) is 10.4 Å². The average Bonchev–Trinajstić information content (AvgIpc) is 2.73. The number of halogens is 1. The van der Waals surface area contributed by atoms with E-state index >= 15 is 0 Å². The lowest BCUT2D eigenvalue weighted by Gasteiger charge is -2.08. The molecule has 0 bridgehead atoms. The standard InChI is InChI=1S/C21H16BrN3O3/c22-18-11-17(12-23-13-18)21(27)28-14-19(26)24-25-20(15-7-3-1-4-8-15)16-9-5-2-6-10-16/h1-13H,14H2,(H,24,26). The van der Waals surface area contributed by atoms with E-state index in [4.69, 9.17) is 4.74 Å². The molecule has 28 heavy (non-hydrogen) atoms. The van der Waals surface area contributed by atoms with Crippen LogP contribution in [-0.4, -0.2) is 29.2 Å². The van der Waals surface area contributed by atoms with Crippen molar-refractivity contribution in [2.45, 2.75) is 0 Å². The van der Waals surface area contributed by atoms with Crippen LogP contribution in [0.5, 0.6) is 0 Å². The zero-order chi connectivity index (χ0) is 19.8. The Morgan fingerprint density at radius 3 is 2.11 bits per heavy atom. The topological polar surface area (TPSA) is 80.7 Å². The minimum Gasteiger partial charge on any atom is -0.452 e. The molecule has 1 aromatic heterocycles. The number of aromatic nitrogens is 1. The molecule has 7 heteroatoms. The lowest BCUT2D eigenvalue weighted by molar-refractivity contribution is -0.124. The third-order valence-electron chi connectivity index (χ3n) is 3.66. The van der Waals surface area contributed by atoms with E-state index in [1.807, 2.05) is 60.7 Å². The van der Waals surface area contributed by atoms with Gasteiger partial charge >= 0.3 is 5.97 Å². The average molecular weight is 438 g/mol. The van der Waals surface area contributed by atoms with E-state index in [0.29, 0.717) is 10.2 Å². The van der Waals surface area contributed by atoms with Crippen molar-refractivity contribution >= 4 is 33.5 Å². The van der Waals surface area contributed by atoms with Gasteiger partial charge in [0.25, 0.3) is 5.91 Å². The van der Waals surface area contributed by atoms with Crippen molar-refractivity contribution in [3.63, 3.8) is 0 Å². The van der Waals surface area contributed by atoms with Crippen molar-refractivity contribution in [1.29, 1.82) is 0 Å². The van der Waals surface area contributed by atoms with Crippen LogP contribution < -0.4 is 5.43 Å². The molecule has 2 aromatic carbocycles. The Labute approximate surface area is 170 Å². The van der Waals surface area contributed by atoms with Gasteiger partial charge in [-0.1, -0.05) is 60.7 Å². The lowest BCUT2D eigenvalue weighted by Crippen LogP contribution is -2.26. The Kier molecular flexibility index (Phi) is 6.64. The van der Waals surface area contributed by atoms with Gasteiger partial charge in [-0.2, -0.15) is 5.10 Å². The van der Waals surface area contributed by atoms with E-state index in [2.05, 4.69) is 31.4 Å². The number of esters is 1. The van der Waals surface area contributed by atoms with Gasteiger partial charge in [-0.15, -0.1) is 0 Å². The van der Waals surface area contributed by atoms with E-state index in [-0.39, 0.29) is 5.56 Å². The van der Waals surface area contributed by atoms with E-state index in [9.17, 15) is 9.59 Å². The Morgan fingerprint density at radius 2 is 1.54 bits per heavy atom. The predicted molar refractivity (Wildman–Crippen MR) is 109 cm³/mol. The highest BCUT2D eigenvalue weighted by Gasteiger charge is 2.12. The molecule has 0 aliphatic heterocycles. The maximum Gasteiger partial charge on any atom is 0.340 e. The number of hydrazone groups is 1.